The van der Waals surface area contributed by atoms with Crippen molar-refractivity contribution in [1.82, 2.24) is 5.32 Å². The topological polar surface area (TPSA) is 47.6 Å². The van der Waals surface area contributed by atoms with E-state index in [0.29, 0.717) is 17.9 Å². The molecule has 2 aromatic rings. The lowest BCUT2D eigenvalue weighted by molar-refractivity contribution is 0.0947. The lowest BCUT2D eigenvalue weighted by Crippen LogP contribution is -2.23. The minimum Gasteiger partial charge on any atom is -0.496 e. The van der Waals surface area contributed by atoms with Gasteiger partial charge in [-0.25, -0.2) is 0 Å². The molecule has 2 aromatic carbocycles. The molecule has 0 aliphatic heterocycles. The maximum atomic E-state index is 12.3. The second-order valence-electron chi connectivity index (χ2n) is 4.34. The van der Waals surface area contributed by atoms with Crippen LogP contribution in [0.5, 0.6) is 11.5 Å². The van der Waals surface area contributed by atoms with Crippen molar-refractivity contribution < 1.29 is 14.3 Å². The van der Waals surface area contributed by atoms with E-state index in [9.17, 15) is 4.79 Å². The van der Waals surface area contributed by atoms with E-state index < -0.39 is 0 Å². The first-order valence-electron chi connectivity index (χ1n) is 6.39. The Morgan fingerprint density at radius 2 is 1.81 bits per heavy atom. The Morgan fingerprint density at radius 1 is 1.10 bits per heavy atom. The number of carbonyl (C=O) groups excluding carboxylic acids is 1. The number of amides is 1. The van der Waals surface area contributed by atoms with Gasteiger partial charge in [-0.2, -0.15) is 0 Å². The zero-order chi connectivity index (χ0) is 15.2. The summed E-state index contributed by atoms with van der Waals surface area (Å²) < 4.78 is 11.3. The van der Waals surface area contributed by atoms with Gasteiger partial charge in [0.15, 0.2) is 0 Å². The lowest BCUT2D eigenvalue weighted by atomic mass is 10.1. The minimum absolute atomic E-state index is 0.195. The number of nitrogens with one attached hydrogen (secondary N) is 1. The first-order valence-corrected chi connectivity index (χ1v) is 7.18. The molecule has 21 heavy (non-hydrogen) atoms. The monoisotopic (exact) mass is 349 g/mol. The van der Waals surface area contributed by atoms with Crippen molar-refractivity contribution in [1.29, 1.82) is 0 Å². The molecule has 0 aliphatic carbocycles. The summed E-state index contributed by atoms with van der Waals surface area (Å²) in [7, 11) is 3.15. The van der Waals surface area contributed by atoms with Crippen LogP contribution >= 0.6 is 15.9 Å². The van der Waals surface area contributed by atoms with Crippen molar-refractivity contribution in [2.45, 2.75) is 6.54 Å². The molecular weight excluding hydrogens is 334 g/mol. The van der Waals surface area contributed by atoms with E-state index in [2.05, 4.69) is 21.2 Å². The Hall–Kier alpha value is -2.01. The average molecular weight is 350 g/mol. The zero-order valence-corrected chi connectivity index (χ0v) is 13.4. The predicted molar refractivity (Wildman–Crippen MR) is 84.9 cm³/mol. The van der Waals surface area contributed by atoms with Gasteiger partial charge >= 0.3 is 0 Å². The largest absolute Gasteiger partial charge is 0.496 e. The fourth-order valence-corrected chi connectivity index (χ4v) is 2.34. The summed E-state index contributed by atoms with van der Waals surface area (Å²) in [5.74, 6) is 1.09. The Morgan fingerprint density at radius 3 is 2.52 bits per heavy atom. The van der Waals surface area contributed by atoms with E-state index in [0.717, 1.165) is 15.8 Å². The van der Waals surface area contributed by atoms with Crippen LogP contribution in [0.1, 0.15) is 15.9 Å². The van der Waals surface area contributed by atoms with E-state index in [-0.39, 0.29) is 5.91 Å². The molecule has 0 radical (unpaired) electrons. The molecule has 0 aromatic heterocycles. The number of halogens is 1. The van der Waals surface area contributed by atoms with E-state index in [4.69, 9.17) is 9.47 Å². The van der Waals surface area contributed by atoms with E-state index in [1.165, 1.54) is 0 Å². The van der Waals surface area contributed by atoms with Gasteiger partial charge in [-0.3, -0.25) is 4.79 Å². The molecule has 0 spiro atoms. The predicted octanol–water partition coefficient (Wildman–Crippen LogP) is 3.40. The molecule has 0 unspecified atom stereocenters. The summed E-state index contributed by atoms with van der Waals surface area (Å²) in [6.45, 7) is 0.387. The van der Waals surface area contributed by atoms with Gasteiger partial charge in [0.05, 0.1) is 19.8 Å². The van der Waals surface area contributed by atoms with Crippen LogP contribution in [0.15, 0.2) is 46.9 Å². The van der Waals surface area contributed by atoms with E-state index >= 15 is 0 Å². The third-order valence-corrected chi connectivity index (χ3v) is 3.53. The Balaban J connectivity index is 2.13. The number of benzene rings is 2. The Kier molecular flexibility index (Phi) is 5.22. The molecule has 0 fully saturated rings. The molecule has 110 valence electrons. The van der Waals surface area contributed by atoms with Crippen LogP contribution in [0.2, 0.25) is 0 Å². The van der Waals surface area contributed by atoms with Gasteiger partial charge in [-0.05, 0) is 24.3 Å². The van der Waals surface area contributed by atoms with Gasteiger partial charge in [0.1, 0.15) is 11.5 Å². The smallest absolute Gasteiger partial charge is 0.255 e. The fraction of sp³-hybridized carbons (Fsp3) is 0.188. The highest BCUT2D eigenvalue weighted by Gasteiger charge is 2.13. The highest BCUT2D eigenvalue weighted by molar-refractivity contribution is 9.10. The maximum Gasteiger partial charge on any atom is 0.255 e. The van der Waals surface area contributed by atoms with Gasteiger partial charge in [0.2, 0.25) is 0 Å². The summed E-state index contributed by atoms with van der Waals surface area (Å²) in [4.78, 5) is 12.3. The number of methoxy groups -OCH3 is 2. The number of para-hydroxylation sites is 1. The molecule has 0 aliphatic rings. The molecule has 1 N–H and O–H groups in total. The van der Waals surface area contributed by atoms with Crippen LogP contribution in [0.25, 0.3) is 0 Å². The van der Waals surface area contributed by atoms with Crippen LogP contribution in [0.3, 0.4) is 0 Å². The van der Waals surface area contributed by atoms with Gasteiger partial charge in [-0.15, -0.1) is 0 Å². The van der Waals surface area contributed by atoms with Gasteiger partial charge in [0, 0.05) is 16.6 Å². The summed E-state index contributed by atoms with van der Waals surface area (Å²) in [6, 6.07) is 12.9. The molecule has 0 atom stereocenters. The third-order valence-electron chi connectivity index (χ3n) is 3.04. The van der Waals surface area contributed by atoms with Crippen molar-refractivity contribution in [3.8, 4) is 11.5 Å². The van der Waals surface area contributed by atoms with Crippen molar-refractivity contribution in [2.24, 2.45) is 0 Å². The average Bonchev–Trinajstić information content (AvgIpc) is 2.52. The molecular formula is C16H16BrNO3. The van der Waals surface area contributed by atoms with Gasteiger partial charge in [0.25, 0.3) is 5.91 Å². The van der Waals surface area contributed by atoms with Crippen LogP contribution in [-0.2, 0) is 6.54 Å². The summed E-state index contributed by atoms with van der Waals surface area (Å²) in [5.41, 5.74) is 1.41. The Labute approximate surface area is 132 Å². The molecule has 2 rings (SSSR count). The normalized spacial score (nSPS) is 10.0. The number of hydrogen-bond donors (Lipinski definition) is 1. The number of hydrogen-bond acceptors (Lipinski definition) is 3. The van der Waals surface area contributed by atoms with Crippen LogP contribution < -0.4 is 14.8 Å². The lowest BCUT2D eigenvalue weighted by Gasteiger charge is -2.11. The second-order valence-corrected chi connectivity index (χ2v) is 5.25. The van der Waals surface area contributed by atoms with Crippen molar-refractivity contribution >= 4 is 21.8 Å². The molecule has 0 heterocycles. The van der Waals surface area contributed by atoms with Crippen LogP contribution in [-0.4, -0.2) is 20.1 Å². The van der Waals surface area contributed by atoms with E-state index in [1.807, 2.05) is 30.3 Å². The van der Waals surface area contributed by atoms with Crippen molar-refractivity contribution in [3.63, 3.8) is 0 Å². The summed E-state index contributed by atoms with van der Waals surface area (Å²) >= 11 is 3.36. The molecule has 0 bridgehead atoms. The fourth-order valence-electron chi connectivity index (χ4n) is 1.98. The quantitative estimate of drug-likeness (QED) is 0.899. The number of ether oxygens (including phenoxy) is 2. The minimum atomic E-state index is -0.195. The SMILES string of the molecule is COc1ccccc1CNC(=O)c1cc(Br)ccc1OC. The molecule has 0 saturated heterocycles. The van der Waals surface area contributed by atoms with Crippen LogP contribution in [0, 0.1) is 0 Å². The first kappa shape index (κ1) is 15.4. The molecule has 1 amide bonds. The number of carbonyl (C=O) groups is 1. The van der Waals surface area contributed by atoms with Crippen molar-refractivity contribution in [2.75, 3.05) is 14.2 Å². The molecule has 4 nitrogen and oxygen atoms in total. The first-order chi connectivity index (χ1) is 10.2. The zero-order valence-electron chi connectivity index (χ0n) is 11.9. The molecule has 0 saturated carbocycles. The van der Waals surface area contributed by atoms with Crippen molar-refractivity contribution in [3.05, 3.63) is 58.1 Å². The highest BCUT2D eigenvalue weighted by Crippen LogP contribution is 2.23. The number of rotatable bonds is 5. The maximum absolute atomic E-state index is 12.3. The van der Waals surface area contributed by atoms with Crippen LogP contribution in [0.4, 0.5) is 0 Å². The second kappa shape index (κ2) is 7.13. The third kappa shape index (κ3) is 3.76. The highest BCUT2D eigenvalue weighted by atomic mass is 79.9. The summed E-state index contributed by atoms with van der Waals surface area (Å²) in [5, 5.41) is 2.87. The van der Waals surface area contributed by atoms with Gasteiger partial charge in [-0.1, -0.05) is 34.1 Å². The van der Waals surface area contributed by atoms with E-state index in [1.54, 1.807) is 26.4 Å². The van der Waals surface area contributed by atoms with Gasteiger partial charge < -0.3 is 14.8 Å². The summed E-state index contributed by atoms with van der Waals surface area (Å²) in [6.07, 6.45) is 0. The standard InChI is InChI=1S/C16H16BrNO3/c1-20-14-6-4-3-5-11(14)10-18-16(19)13-9-12(17)7-8-15(13)21-2/h3-9H,10H2,1-2H3,(H,18,19). The molecule has 5 heteroatoms. The Bertz CT molecular complexity index is 643.